The Morgan fingerprint density at radius 2 is 1.71 bits per heavy atom. The molecule has 3 aliphatic heterocycles. The predicted molar refractivity (Wildman–Crippen MR) is 221 cm³/mol. The maximum Gasteiger partial charge on any atom is 0.251 e. The molecular formula is C45H54N8O3. The Morgan fingerprint density at radius 3 is 2.43 bits per heavy atom. The van der Waals surface area contributed by atoms with Crippen LogP contribution in [0.5, 0.6) is 0 Å². The lowest BCUT2D eigenvalue weighted by atomic mass is 9.96. The van der Waals surface area contributed by atoms with E-state index in [1.165, 1.54) is 28.7 Å². The Morgan fingerprint density at radius 1 is 0.929 bits per heavy atom. The van der Waals surface area contributed by atoms with Crippen LogP contribution in [0.25, 0.3) is 22.2 Å². The predicted octanol–water partition coefficient (Wildman–Crippen LogP) is 6.29. The topological polar surface area (TPSA) is 125 Å². The molecule has 292 valence electrons. The first-order valence-corrected chi connectivity index (χ1v) is 20.3. The largest absolute Gasteiger partial charge is 0.381 e. The van der Waals surface area contributed by atoms with E-state index in [2.05, 4.69) is 94.5 Å². The standard InChI is InChI=1S/C45H54N8O3/c1-5-41-39(42(50-35-12-14-56-15-13-35)40-25-49-53(6-2)43(40)51-41)24-48-45(55)34-17-28(3)16-33(20-34)44(54)47-22-30-11-10-29(4)38(19-30)32-9-7-8-31(18-32)26-52-27-36-21-37(52)23-46-36/h7-11,16-20,25,35-37,46H,5-6,12-15,21-24,26-27H2,1-4H3,(H,47,54)(H,48,55)(H,50,51). The Labute approximate surface area is 329 Å². The van der Waals surface area contributed by atoms with Crippen LogP contribution in [0.1, 0.15) is 87.3 Å². The Hall–Kier alpha value is -5.10. The molecule has 2 unspecified atom stereocenters. The molecule has 56 heavy (non-hydrogen) atoms. The van der Waals surface area contributed by atoms with Gasteiger partial charge in [-0.15, -0.1) is 0 Å². The molecule has 3 aromatic carbocycles. The second-order valence-electron chi connectivity index (χ2n) is 15.7. The summed E-state index contributed by atoms with van der Waals surface area (Å²) in [6, 6.07) is 22.1. The number of fused-ring (bicyclic) bond motifs is 3. The van der Waals surface area contributed by atoms with Gasteiger partial charge in [-0.2, -0.15) is 5.10 Å². The molecule has 2 atom stereocenters. The number of amides is 2. The van der Waals surface area contributed by atoms with Crippen molar-refractivity contribution in [3.05, 3.63) is 111 Å². The third-order valence-electron chi connectivity index (χ3n) is 11.8. The summed E-state index contributed by atoms with van der Waals surface area (Å²) in [5.41, 5.74) is 11.3. The van der Waals surface area contributed by atoms with Gasteiger partial charge in [-0.1, -0.05) is 37.3 Å². The molecule has 11 heteroatoms. The van der Waals surface area contributed by atoms with Gasteiger partial charge in [0.2, 0.25) is 0 Å². The van der Waals surface area contributed by atoms with Crippen LogP contribution in [0.15, 0.2) is 66.9 Å². The zero-order valence-corrected chi connectivity index (χ0v) is 33.1. The highest BCUT2D eigenvalue weighted by Gasteiger charge is 2.37. The van der Waals surface area contributed by atoms with Crippen LogP contribution >= 0.6 is 0 Å². The number of benzene rings is 3. The van der Waals surface area contributed by atoms with Crippen molar-refractivity contribution in [2.75, 3.05) is 31.6 Å². The molecular weight excluding hydrogens is 701 g/mol. The molecule has 5 heterocycles. The van der Waals surface area contributed by atoms with E-state index in [1.54, 1.807) is 6.07 Å². The lowest BCUT2D eigenvalue weighted by Crippen LogP contribution is -2.42. The van der Waals surface area contributed by atoms with Gasteiger partial charge in [0.25, 0.3) is 11.8 Å². The molecule has 3 saturated heterocycles. The number of hydrogen-bond acceptors (Lipinski definition) is 8. The number of likely N-dealkylation sites (tertiary alicyclic amines) is 1. The number of nitrogens with one attached hydrogen (secondary N) is 4. The number of ether oxygens (including phenoxy) is 1. The molecule has 0 aliphatic carbocycles. The molecule has 2 aromatic heterocycles. The molecule has 0 spiro atoms. The normalized spacial score (nSPS) is 18.4. The molecule has 8 rings (SSSR count). The fourth-order valence-corrected chi connectivity index (χ4v) is 8.70. The van der Waals surface area contributed by atoms with Crippen LogP contribution in [0.2, 0.25) is 0 Å². The minimum Gasteiger partial charge on any atom is -0.381 e. The monoisotopic (exact) mass is 754 g/mol. The van der Waals surface area contributed by atoms with Crippen LogP contribution in [0.3, 0.4) is 0 Å². The van der Waals surface area contributed by atoms with Crippen molar-refractivity contribution < 1.29 is 14.3 Å². The van der Waals surface area contributed by atoms with Crippen LogP contribution in [0, 0.1) is 13.8 Å². The highest BCUT2D eigenvalue weighted by Crippen LogP contribution is 2.32. The number of piperazine rings is 1. The third kappa shape index (κ3) is 8.07. The molecule has 3 aliphatic rings. The molecule has 11 nitrogen and oxygen atoms in total. The number of nitrogens with zero attached hydrogens (tertiary/aromatic N) is 4. The Bertz CT molecular complexity index is 2240. The maximum atomic E-state index is 13.8. The van der Waals surface area contributed by atoms with Crippen LogP contribution < -0.4 is 21.3 Å². The number of hydrogen-bond donors (Lipinski definition) is 4. The van der Waals surface area contributed by atoms with Gasteiger partial charge in [0.1, 0.15) is 0 Å². The lowest BCUT2D eigenvalue weighted by Gasteiger charge is -2.27. The van der Waals surface area contributed by atoms with Gasteiger partial charge in [-0.05, 0) is 110 Å². The van der Waals surface area contributed by atoms with Gasteiger partial charge in [-0.25, -0.2) is 9.67 Å². The van der Waals surface area contributed by atoms with E-state index in [1.807, 2.05) is 29.9 Å². The van der Waals surface area contributed by atoms with E-state index < -0.39 is 0 Å². The van der Waals surface area contributed by atoms with Crippen molar-refractivity contribution in [1.82, 2.24) is 35.6 Å². The summed E-state index contributed by atoms with van der Waals surface area (Å²) in [5, 5.41) is 19.2. The summed E-state index contributed by atoms with van der Waals surface area (Å²) in [6.07, 6.45) is 5.64. The Balaban J connectivity index is 0.950. The van der Waals surface area contributed by atoms with Crippen molar-refractivity contribution in [2.45, 2.75) is 97.7 Å². The van der Waals surface area contributed by atoms with Gasteiger partial charge in [0.05, 0.1) is 17.3 Å². The SMILES string of the molecule is CCc1nc2c(cnn2CC)c(NC2CCOCC2)c1CNC(=O)c1cc(C)cc(C(=O)NCc2ccc(C)c(-c3cccc(CN4CC5CC4CN5)c3)c2)c1. The molecule has 0 radical (unpaired) electrons. The highest BCUT2D eigenvalue weighted by atomic mass is 16.5. The van der Waals surface area contributed by atoms with Crippen LogP contribution in [-0.4, -0.2) is 75.9 Å². The fraction of sp³-hybridized carbons (Fsp3) is 0.422. The lowest BCUT2D eigenvalue weighted by molar-refractivity contribution is 0.0904. The summed E-state index contributed by atoms with van der Waals surface area (Å²) < 4.78 is 7.53. The molecule has 2 bridgehead atoms. The number of rotatable bonds is 13. The first-order valence-electron chi connectivity index (χ1n) is 20.3. The van der Waals surface area contributed by atoms with E-state index in [0.29, 0.717) is 62.5 Å². The minimum atomic E-state index is -0.245. The minimum absolute atomic E-state index is 0.222. The number of carbonyl (C=O) groups excluding carboxylic acids is 2. The van der Waals surface area contributed by atoms with Crippen molar-refractivity contribution in [1.29, 1.82) is 0 Å². The Kier molecular flexibility index (Phi) is 11.2. The summed E-state index contributed by atoms with van der Waals surface area (Å²) >= 11 is 0. The van der Waals surface area contributed by atoms with E-state index in [-0.39, 0.29) is 17.9 Å². The average Bonchev–Trinajstić information content (AvgIpc) is 3.96. The highest BCUT2D eigenvalue weighted by molar-refractivity contribution is 6.00. The van der Waals surface area contributed by atoms with Gasteiger partial charge in [0, 0.05) is 93.0 Å². The second-order valence-corrected chi connectivity index (χ2v) is 15.7. The molecule has 3 fully saturated rings. The number of anilines is 1. The van der Waals surface area contributed by atoms with Gasteiger partial charge < -0.3 is 26.0 Å². The van der Waals surface area contributed by atoms with Crippen molar-refractivity contribution in [2.24, 2.45) is 0 Å². The number of carbonyl (C=O) groups is 2. The van der Waals surface area contributed by atoms with E-state index in [9.17, 15) is 9.59 Å². The van der Waals surface area contributed by atoms with Crippen LogP contribution in [0.4, 0.5) is 5.69 Å². The van der Waals surface area contributed by atoms with Gasteiger partial charge in [-0.3, -0.25) is 14.5 Å². The smallest absolute Gasteiger partial charge is 0.251 e. The summed E-state index contributed by atoms with van der Waals surface area (Å²) in [6.45, 7) is 14.2. The number of pyridine rings is 1. The quantitative estimate of drug-likeness (QED) is 0.111. The average molecular weight is 755 g/mol. The molecule has 4 N–H and O–H groups in total. The van der Waals surface area contributed by atoms with E-state index in [4.69, 9.17) is 9.72 Å². The van der Waals surface area contributed by atoms with Crippen molar-refractivity contribution in [3.63, 3.8) is 0 Å². The first-order chi connectivity index (χ1) is 27.3. The first kappa shape index (κ1) is 37.8. The number of aryl methyl sites for hydroxylation is 4. The molecule has 2 amide bonds. The molecule has 5 aromatic rings. The zero-order chi connectivity index (χ0) is 38.8. The van der Waals surface area contributed by atoms with Crippen molar-refractivity contribution >= 4 is 28.5 Å². The summed E-state index contributed by atoms with van der Waals surface area (Å²) in [7, 11) is 0. The maximum absolute atomic E-state index is 13.8. The van der Waals surface area contributed by atoms with Gasteiger partial charge in [0.15, 0.2) is 5.65 Å². The third-order valence-corrected chi connectivity index (χ3v) is 11.8. The summed E-state index contributed by atoms with van der Waals surface area (Å²) in [5.74, 6) is -0.467. The van der Waals surface area contributed by atoms with Gasteiger partial charge >= 0.3 is 0 Å². The second kappa shape index (κ2) is 16.6. The van der Waals surface area contributed by atoms with E-state index in [0.717, 1.165) is 71.6 Å². The summed E-state index contributed by atoms with van der Waals surface area (Å²) in [4.78, 5) is 35.0. The van der Waals surface area contributed by atoms with Crippen LogP contribution in [-0.2, 0) is 37.3 Å². The zero-order valence-electron chi connectivity index (χ0n) is 33.1. The molecule has 0 saturated carbocycles. The fourth-order valence-electron chi connectivity index (χ4n) is 8.70. The number of aromatic nitrogens is 3. The van der Waals surface area contributed by atoms with E-state index >= 15 is 0 Å². The van der Waals surface area contributed by atoms with Crippen molar-refractivity contribution in [3.8, 4) is 11.1 Å².